The standard InChI is InChI=1S/C15H24BrN3/c1-2-19-14(10-16)17-18-15(19)13-8-7-11-5-3-4-6-12(11)9-13/h11-13H,2-10H2,1H3. The molecule has 2 fully saturated rings. The van der Waals surface area contributed by atoms with Crippen LogP contribution in [-0.2, 0) is 11.9 Å². The van der Waals surface area contributed by atoms with E-state index in [0.29, 0.717) is 5.92 Å². The average Bonchev–Trinajstić information content (AvgIpc) is 2.89. The number of alkyl halides is 1. The monoisotopic (exact) mass is 325 g/mol. The summed E-state index contributed by atoms with van der Waals surface area (Å²) in [5, 5.41) is 9.66. The highest BCUT2D eigenvalue weighted by atomic mass is 79.9. The molecule has 106 valence electrons. The molecular weight excluding hydrogens is 302 g/mol. The van der Waals surface area contributed by atoms with E-state index in [0.717, 1.165) is 29.5 Å². The number of nitrogens with zero attached hydrogens (tertiary/aromatic N) is 3. The van der Waals surface area contributed by atoms with Crippen molar-refractivity contribution in [2.75, 3.05) is 0 Å². The Morgan fingerprint density at radius 3 is 2.63 bits per heavy atom. The van der Waals surface area contributed by atoms with E-state index in [1.54, 1.807) is 0 Å². The lowest BCUT2D eigenvalue weighted by Crippen LogP contribution is -2.28. The zero-order valence-electron chi connectivity index (χ0n) is 11.8. The van der Waals surface area contributed by atoms with Crippen LogP contribution in [0.25, 0.3) is 0 Å². The minimum absolute atomic E-state index is 0.652. The van der Waals surface area contributed by atoms with Crippen LogP contribution in [0.2, 0.25) is 0 Å². The van der Waals surface area contributed by atoms with Crippen LogP contribution in [0, 0.1) is 11.8 Å². The first-order valence-electron chi connectivity index (χ1n) is 7.81. The van der Waals surface area contributed by atoms with Gasteiger partial charge in [0.15, 0.2) is 0 Å². The molecule has 0 saturated heterocycles. The molecule has 0 amide bonds. The molecule has 3 unspecified atom stereocenters. The van der Waals surface area contributed by atoms with Crippen LogP contribution in [0.15, 0.2) is 0 Å². The summed E-state index contributed by atoms with van der Waals surface area (Å²) in [7, 11) is 0. The highest BCUT2D eigenvalue weighted by Crippen LogP contribution is 2.45. The van der Waals surface area contributed by atoms with Crippen molar-refractivity contribution >= 4 is 15.9 Å². The molecule has 0 spiro atoms. The van der Waals surface area contributed by atoms with E-state index in [1.165, 1.54) is 50.8 Å². The molecule has 0 bridgehead atoms. The van der Waals surface area contributed by atoms with Crippen molar-refractivity contribution in [3.63, 3.8) is 0 Å². The predicted molar refractivity (Wildman–Crippen MR) is 80.4 cm³/mol. The third-order valence-corrected chi connectivity index (χ3v) is 5.70. The summed E-state index contributed by atoms with van der Waals surface area (Å²) >= 11 is 3.52. The van der Waals surface area contributed by atoms with Crippen molar-refractivity contribution < 1.29 is 0 Å². The number of fused-ring (bicyclic) bond motifs is 1. The van der Waals surface area contributed by atoms with E-state index in [-0.39, 0.29) is 0 Å². The maximum absolute atomic E-state index is 4.50. The van der Waals surface area contributed by atoms with Crippen molar-refractivity contribution in [2.24, 2.45) is 11.8 Å². The first-order chi connectivity index (χ1) is 9.33. The van der Waals surface area contributed by atoms with Crippen molar-refractivity contribution in [1.29, 1.82) is 0 Å². The van der Waals surface area contributed by atoms with E-state index in [4.69, 9.17) is 0 Å². The van der Waals surface area contributed by atoms with Crippen molar-refractivity contribution in [3.8, 4) is 0 Å². The second kappa shape index (κ2) is 5.94. The summed E-state index contributed by atoms with van der Waals surface area (Å²) < 4.78 is 2.32. The zero-order valence-corrected chi connectivity index (χ0v) is 13.4. The molecule has 1 aromatic heterocycles. The molecule has 4 heteroatoms. The van der Waals surface area contributed by atoms with E-state index in [2.05, 4.69) is 37.6 Å². The lowest BCUT2D eigenvalue weighted by molar-refractivity contribution is 0.151. The van der Waals surface area contributed by atoms with Crippen molar-refractivity contribution in [1.82, 2.24) is 14.8 Å². The van der Waals surface area contributed by atoms with Gasteiger partial charge >= 0.3 is 0 Å². The fraction of sp³-hybridized carbons (Fsp3) is 0.867. The Morgan fingerprint density at radius 1 is 1.11 bits per heavy atom. The minimum atomic E-state index is 0.652. The topological polar surface area (TPSA) is 30.7 Å². The average molecular weight is 326 g/mol. The quantitative estimate of drug-likeness (QED) is 0.777. The van der Waals surface area contributed by atoms with Crippen molar-refractivity contribution in [3.05, 3.63) is 11.6 Å². The summed E-state index contributed by atoms with van der Waals surface area (Å²) in [6.45, 7) is 3.19. The number of aromatic nitrogens is 3. The fourth-order valence-electron chi connectivity index (χ4n) is 4.20. The molecular formula is C15H24BrN3. The Labute approximate surface area is 124 Å². The van der Waals surface area contributed by atoms with Gasteiger partial charge in [-0.1, -0.05) is 41.6 Å². The summed E-state index contributed by atoms with van der Waals surface area (Å²) in [6, 6.07) is 0. The van der Waals surface area contributed by atoms with Crippen LogP contribution in [0.5, 0.6) is 0 Å². The fourth-order valence-corrected chi connectivity index (χ4v) is 4.62. The zero-order chi connectivity index (χ0) is 13.2. The Balaban J connectivity index is 1.77. The molecule has 1 aromatic rings. The Morgan fingerprint density at radius 2 is 1.89 bits per heavy atom. The maximum Gasteiger partial charge on any atom is 0.143 e. The molecule has 0 N–H and O–H groups in total. The number of halogens is 1. The smallest absolute Gasteiger partial charge is 0.143 e. The molecule has 0 aliphatic heterocycles. The first kappa shape index (κ1) is 13.6. The van der Waals surface area contributed by atoms with Crippen LogP contribution in [0.1, 0.15) is 69.4 Å². The summed E-state index contributed by atoms with van der Waals surface area (Å²) in [6.07, 6.45) is 9.92. The van der Waals surface area contributed by atoms with Crippen LogP contribution in [-0.4, -0.2) is 14.8 Å². The van der Waals surface area contributed by atoms with Gasteiger partial charge in [-0.2, -0.15) is 0 Å². The Bertz CT molecular complexity index is 429. The lowest BCUT2D eigenvalue weighted by Gasteiger charge is -2.39. The molecule has 0 radical (unpaired) electrons. The summed E-state index contributed by atoms with van der Waals surface area (Å²) in [5.74, 6) is 4.96. The molecule has 2 aliphatic rings. The lowest BCUT2D eigenvalue weighted by atomic mass is 9.67. The number of rotatable bonds is 3. The molecule has 1 heterocycles. The molecule has 3 nitrogen and oxygen atoms in total. The maximum atomic E-state index is 4.50. The molecule has 2 aliphatic carbocycles. The molecule has 19 heavy (non-hydrogen) atoms. The molecule has 3 rings (SSSR count). The van der Waals surface area contributed by atoms with Gasteiger partial charge in [-0.3, -0.25) is 0 Å². The minimum Gasteiger partial charge on any atom is -0.314 e. The first-order valence-corrected chi connectivity index (χ1v) is 8.93. The summed E-state index contributed by atoms with van der Waals surface area (Å²) in [5.41, 5.74) is 0. The Hall–Kier alpha value is -0.380. The second-order valence-corrected chi connectivity index (χ2v) is 6.73. The van der Waals surface area contributed by atoms with Crippen molar-refractivity contribution in [2.45, 2.75) is 69.7 Å². The van der Waals surface area contributed by atoms with Crippen LogP contribution < -0.4 is 0 Å². The van der Waals surface area contributed by atoms with E-state index < -0.39 is 0 Å². The van der Waals surface area contributed by atoms with E-state index in [1.807, 2.05) is 0 Å². The van der Waals surface area contributed by atoms with Gasteiger partial charge in [0.25, 0.3) is 0 Å². The highest BCUT2D eigenvalue weighted by Gasteiger charge is 2.34. The third kappa shape index (κ3) is 2.61. The Kier molecular flexibility index (Phi) is 4.25. The van der Waals surface area contributed by atoms with Gasteiger partial charge in [0, 0.05) is 12.5 Å². The second-order valence-electron chi connectivity index (χ2n) is 6.17. The van der Waals surface area contributed by atoms with Crippen LogP contribution >= 0.6 is 15.9 Å². The van der Waals surface area contributed by atoms with Gasteiger partial charge < -0.3 is 4.57 Å². The van der Waals surface area contributed by atoms with E-state index in [9.17, 15) is 0 Å². The third-order valence-electron chi connectivity index (χ3n) is 5.20. The normalized spacial score (nSPS) is 31.2. The van der Waals surface area contributed by atoms with Crippen LogP contribution in [0.3, 0.4) is 0 Å². The largest absolute Gasteiger partial charge is 0.314 e. The highest BCUT2D eigenvalue weighted by molar-refractivity contribution is 9.08. The number of hydrogen-bond donors (Lipinski definition) is 0. The van der Waals surface area contributed by atoms with Gasteiger partial charge in [-0.25, -0.2) is 0 Å². The summed E-state index contributed by atoms with van der Waals surface area (Å²) in [4.78, 5) is 0. The van der Waals surface area contributed by atoms with Gasteiger partial charge in [-0.15, -0.1) is 10.2 Å². The molecule has 2 saturated carbocycles. The van der Waals surface area contributed by atoms with Gasteiger partial charge in [0.2, 0.25) is 0 Å². The SMILES string of the molecule is CCn1c(CBr)nnc1C1CCC2CCCCC2C1. The van der Waals surface area contributed by atoms with Gasteiger partial charge in [0.05, 0.1) is 5.33 Å². The number of hydrogen-bond acceptors (Lipinski definition) is 2. The predicted octanol–water partition coefficient (Wildman–Crippen LogP) is 4.27. The van der Waals surface area contributed by atoms with E-state index >= 15 is 0 Å². The van der Waals surface area contributed by atoms with Gasteiger partial charge in [-0.05, 0) is 38.0 Å². The molecule has 3 atom stereocenters. The van der Waals surface area contributed by atoms with Crippen LogP contribution in [0.4, 0.5) is 0 Å². The van der Waals surface area contributed by atoms with Gasteiger partial charge in [0.1, 0.15) is 11.6 Å². The molecule has 0 aromatic carbocycles.